The number of carbonyl (C=O) groups excluding carboxylic acids is 1. The number of hydrogen-bond acceptors (Lipinski definition) is 5. The van der Waals surface area contributed by atoms with Gasteiger partial charge in [-0.15, -0.1) is 0 Å². The highest BCUT2D eigenvalue weighted by atomic mass is 32.2. The van der Waals surface area contributed by atoms with E-state index in [1.165, 1.54) is 21.1 Å². The second kappa shape index (κ2) is 6.55. The Hall–Kier alpha value is -1.15. The van der Waals surface area contributed by atoms with Crippen LogP contribution in [0.1, 0.15) is 13.3 Å². The quantitative estimate of drug-likeness (QED) is 0.626. The van der Waals surface area contributed by atoms with E-state index in [9.17, 15) is 18.0 Å². The van der Waals surface area contributed by atoms with Gasteiger partial charge < -0.3 is 9.84 Å². The number of nitrogens with zero attached hydrogens (tertiary/aromatic N) is 1. The predicted molar refractivity (Wildman–Crippen MR) is 59.8 cm³/mol. The van der Waals surface area contributed by atoms with Crippen molar-refractivity contribution in [3.05, 3.63) is 0 Å². The van der Waals surface area contributed by atoms with Gasteiger partial charge in [0.05, 0.1) is 25.2 Å². The molecule has 0 amide bonds. The molecule has 0 aliphatic rings. The van der Waals surface area contributed by atoms with Gasteiger partial charge in [-0.3, -0.25) is 9.59 Å². The van der Waals surface area contributed by atoms with Crippen molar-refractivity contribution in [2.45, 2.75) is 13.3 Å². The molecule has 0 aliphatic carbocycles. The van der Waals surface area contributed by atoms with E-state index >= 15 is 0 Å². The van der Waals surface area contributed by atoms with Crippen molar-refractivity contribution in [1.29, 1.82) is 0 Å². The number of rotatable bonds is 7. The summed E-state index contributed by atoms with van der Waals surface area (Å²) in [5.41, 5.74) is 0. The van der Waals surface area contributed by atoms with Crippen LogP contribution in [0.15, 0.2) is 0 Å². The third kappa shape index (κ3) is 5.64. The molecule has 8 heteroatoms. The van der Waals surface area contributed by atoms with Gasteiger partial charge in [0.15, 0.2) is 0 Å². The molecule has 0 aromatic heterocycles. The van der Waals surface area contributed by atoms with Crippen LogP contribution in [-0.4, -0.2) is 56.2 Å². The van der Waals surface area contributed by atoms with Crippen molar-refractivity contribution in [2.24, 2.45) is 5.92 Å². The molecule has 1 N–H and O–H groups in total. The van der Waals surface area contributed by atoms with Crippen molar-refractivity contribution >= 4 is 22.0 Å². The summed E-state index contributed by atoms with van der Waals surface area (Å²) in [6, 6.07) is 0. The normalized spacial score (nSPS) is 13.4. The Kier molecular flexibility index (Phi) is 6.11. The summed E-state index contributed by atoms with van der Waals surface area (Å²) in [6.45, 7) is 1.32. The van der Waals surface area contributed by atoms with Crippen LogP contribution in [0.2, 0.25) is 0 Å². The number of methoxy groups -OCH3 is 1. The molecule has 0 aromatic rings. The maximum absolute atomic E-state index is 11.7. The highest BCUT2D eigenvalue weighted by Gasteiger charge is 2.25. The molecule has 17 heavy (non-hydrogen) atoms. The molecule has 0 saturated carbocycles. The Morgan fingerprint density at radius 2 is 1.94 bits per heavy atom. The second-order valence-corrected chi connectivity index (χ2v) is 5.79. The lowest BCUT2D eigenvalue weighted by Crippen LogP contribution is -2.35. The fraction of sp³-hybridized carbons (Fsp3) is 0.778. The van der Waals surface area contributed by atoms with E-state index in [2.05, 4.69) is 4.74 Å². The van der Waals surface area contributed by atoms with Crippen LogP contribution in [0.5, 0.6) is 0 Å². The molecule has 0 spiro atoms. The molecule has 0 saturated heterocycles. The van der Waals surface area contributed by atoms with Gasteiger partial charge in [-0.1, -0.05) is 6.92 Å². The van der Waals surface area contributed by atoms with E-state index in [1.807, 2.05) is 0 Å². The van der Waals surface area contributed by atoms with E-state index in [1.54, 1.807) is 0 Å². The second-order valence-electron chi connectivity index (χ2n) is 3.67. The summed E-state index contributed by atoms with van der Waals surface area (Å²) < 4.78 is 28.7. The molecule has 7 nitrogen and oxygen atoms in total. The largest absolute Gasteiger partial charge is 0.481 e. The minimum atomic E-state index is -3.64. The van der Waals surface area contributed by atoms with E-state index in [4.69, 9.17) is 5.11 Å². The minimum absolute atomic E-state index is 0.119. The van der Waals surface area contributed by atoms with Gasteiger partial charge in [0, 0.05) is 13.6 Å². The topological polar surface area (TPSA) is 101 Å². The monoisotopic (exact) mass is 267 g/mol. The maximum Gasteiger partial charge on any atom is 0.309 e. The number of carbonyl (C=O) groups is 2. The van der Waals surface area contributed by atoms with E-state index in [-0.39, 0.29) is 13.0 Å². The maximum atomic E-state index is 11.7. The first-order valence-electron chi connectivity index (χ1n) is 4.94. The molecule has 0 bridgehead atoms. The average molecular weight is 267 g/mol. The zero-order valence-electron chi connectivity index (χ0n) is 10.0. The predicted octanol–water partition coefficient (Wildman–Crippen LogP) is -0.468. The molecule has 1 unspecified atom stereocenters. The average Bonchev–Trinajstić information content (AvgIpc) is 2.23. The highest BCUT2D eigenvalue weighted by molar-refractivity contribution is 7.89. The van der Waals surface area contributed by atoms with Crippen LogP contribution >= 0.6 is 0 Å². The third-order valence-electron chi connectivity index (χ3n) is 2.18. The number of aliphatic carboxylic acids is 1. The number of hydrogen-bond donors (Lipinski definition) is 1. The lowest BCUT2D eigenvalue weighted by atomic mass is 10.2. The molecular weight excluding hydrogens is 250 g/mol. The highest BCUT2D eigenvalue weighted by Crippen LogP contribution is 2.07. The molecule has 0 rings (SSSR count). The SMILES string of the molecule is COC(=O)C(C)CS(=O)(=O)N(C)CCC(=O)O. The van der Waals surface area contributed by atoms with Gasteiger partial charge in [-0.05, 0) is 0 Å². The lowest BCUT2D eigenvalue weighted by molar-refractivity contribution is -0.144. The van der Waals surface area contributed by atoms with Gasteiger partial charge in [-0.2, -0.15) is 0 Å². The van der Waals surface area contributed by atoms with Crippen molar-refractivity contribution in [1.82, 2.24) is 4.31 Å². The van der Waals surface area contributed by atoms with E-state index in [0.717, 1.165) is 4.31 Å². The van der Waals surface area contributed by atoms with Gasteiger partial charge in [0.25, 0.3) is 0 Å². The van der Waals surface area contributed by atoms with Gasteiger partial charge in [0.1, 0.15) is 0 Å². The third-order valence-corrected chi connectivity index (χ3v) is 4.23. The number of ether oxygens (including phenoxy) is 1. The summed E-state index contributed by atoms with van der Waals surface area (Å²) in [5, 5.41) is 8.44. The van der Waals surface area contributed by atoms with Gasteiger partial charge in [0.2, 0.25) is 10.0 Å². The molecule has 1 atom stereocenters. The summed E-state index contributed by atoms with van der Waals surface area (Å²) in [6.07, 6.45) is -0.275. The van der Waals surface area contributed by atoms with Crippen LogP contribution in [0.3, 0.4) is 0 Å². The Morgan fingerprint density at radius 3 is 2.35 bits per heavy atom. The first-order chi connectivity index (χ1) is 7.70. The fourth-order valence-corrected chi connectivity index (χ4v) is 2.50. The first-order valence-corrected chi connectivity index (χ1v) is 6.55. The van der Waals surface area contributed by atoms with Crippen LogP contribution in [0.25, 0.3) is 0 Å². The summed E-state index contributed by atoms with van der Waals surface area (Å²) in [5.74, 6) is -2.86. The zero-order chi connectivity index (χ0) is 13.6. The Labute approximate surface area is 100 Å². The number of sulfonamides is 1. The Bertz CT molecular complexity index is 377. The van der Waals surface area contributed by atoms with Gasteiger partial charge >= 0.3 is 11.9 Å². The fourth-order valence-electron chi connectivity index (χ4n) is 1.10. The smallest absolute Gasteiger partial charge is 0.309 e. The minimum Gasteiger partial charge on any atom is -0.481 e. The lowest BCUT2D eigenvalue weighted by Gasteiger charge is -2.18. The van der Waals surface area contributed by atoms with Crippen LogP contribution in [-0.2, 0) is 24.3 Å². The van der Waals surface area contributed by atoms with Crippen molar-refractivity contribution < 1.29 is 27.9 Å². The molecule has 0 aliphatic heterocycles. The van der Waals surface area contributed by atoms with Crippen LogP contribution in [0, 0.1) is 5.92 Å². The first kappa shape index (κ1) is 15.9. The molecular formula is C9H17NO6S. The van der Waals surface area contributed by atoms with Crippen LogP contribution in [0.4, 0.5) is 0 Å². The van der Waals surface area contributed by atoms with E-state index in [0.29, 0.717) is 0 Å². The van der Waals surface area contributed by atoms with Crippen LogP contribution < -0.4 is 0 Å². The summed E-state index contributed by atoms with van der Waals surface area (Å²) in [4.78, 5) is 21.4. The molecule has 0 fully saturated rings. The van der Waals surface area contributed by atoms with Crippen molar-refractivity contribution in [2.75, 3.05) is 26.5 Å². The van der Waals surface area contributed by atoms with Gasteiger partial charge in [-0.25, -0.2) is 12.7 Å². The van der Waals surface area contributed by atoms with E-state index < -0.39 is 33.6 Å². The van der Waals surface area contributed by atoms with Crippen molar-refractivity contribution in [3.8, 4) is 0 Å². The number of esters is 1. The standard InChI is InChI=1S/C9H17NO6S/c1-7(9(13)16-3)6-17(14,15)10(2)5-4-8(11)12/h7H,4-6H2,1-3H3,(H,11,12). The zero-order valence-corrected chi connectivity index (χ0v) is 10.9. The van der Waals surface area contributed by atoms with Crippen molar-refractivity contribution in [3.63, 3.8) is 0 Å². The summed E-state index contributed by atoms with van der Waals surface area (Å²) in [7, 11) is -1.18. The Morgan fingerprint density at radius 1 is 1.41 bits per heavy atom. The Balaban J connectivity index is 4.46. The summed E-state index contributed by atoms with van der Waals surface area (Å²) >= 11 is 0. The molecule has 0 radical (unpaired) electrons. The molecule has 0 heterocycles. The molecule has 0 aromatic carbocycles. The molecule has 100 valence electrons. The number of carboxylic acids is 1. The number of carboxylic acid groups (broad SMARTS) is 1.